The maximum Gasteiger partial charge on any atom is 0.138 e. The number of aromatic nitrogens is 3. The molecule has 0 unspecified atom stereocenters. The Hall–Kier alpha value is -2.21. The first kappa shape index (κ1) is 17.2. The minimum absolute atomic E-state index is 0.716. The molecule has 0 radical (unpaired) electrons. The van der Waals surface area contributed by atoms with Crippen LogP contribution in [0.1, 0.15) is 41.7 Å². The van der Waals surface area contributed by atoms with E-state index >= 15 is 0 Å². The normalized spacial score (nSPS) is 15.2. The third-order valence-electron chi connectivity index (χ3n) is 5.16. The summed E-state index contributed by atoms with van der Waals surface area (Å²) in [5.74, 6) is 2.01. The summed E-state index contributed by atoms with van der Waals surface area (Å²) in [5.41, 5.74) is 2.43. The molecule has 0 aromatic carbocycles. The lowest BCUT2D eigenvalue weighted by Gasteiger charge is -2.21. The highest BCUT2D eigenvalue weighted by Gasteiger charge is 2.13. The van der Waals surface area contributed by atoms with Crippen LogP contribution in [0.5, 0.6) is 0 Å². The van der Waals surface area contributed by atoms with Crippen LogP contribution in [0.25, 0.3) is 10.2 Å². The van der Waals surface area contributed by atoms with Crippen molar-refractivity contribution < 1.29 is 0 Å². The lowest BCUT2D eigenvalue weighted by molar-refractivity contribution is 0.726. The standard InChI is InChI=1S/C20H25N5S/c1-14-15(2)26-20-18(14)19(23-13-24-20)22-12-16-7-8-17(21-11-16)25-9-5-3-4-6-10-25/h7-8,11,13H,3-6,9-10,12H2,1-2H3,(H,22,23,24). The molecule has 0 spiro atoms. The van der Waals surface area contributed by atoms with Crippen LogP contribution >= 0.6 is 11.3 Å². The van der Waals surface area contributed by atoms with Gasteiger partial charge in [-0.25, -0.2) is 15.0 Å². The zero-order chi connectivity index (χ0) is 17.9. The molecule has 1 aliphatic heterocycles. The van der Waals surface area contributed by atoms with Crippen molar-refractivity contribution >= 4 is 33.2 Å². The number of rotatable bonds is 4. The van der Waals surface area contributed by atoms with Crippen LogP contribution in [-0.2, 0) is 6.54 Å². The Labute approximate surface area is 158 Å². The van der Waals surface area contributed by atoms with Gasteiger partial charge in [-0.15, -0.1) is 11.3 Å². The van der Waals surface area contributed by atoms with Gasteiger partial charge in [0.15, 0.2) is 0 Å². The Morgan fingerprint density at radius 2 is 1.85 bits per heavy atom. The highest BCUT2D eigenvalue weighted by molar-refractivity contribution is 7.18. The second kappa shape index (κ2) is 7.58. The van der Waals surface area contributed by atoms with Crippen molar-refractivity contribution in [3.63, 3.8) is 0 Å². The van der Waals surface area contributed by atoms with Crippen LogP contribution in [0.2, 0.25) is 0 Å². The number of anilines is 2. The van der Waals surface area contributed by atoms with Gasteiger partial charge in [-0.2, -0.15) is 0 Å². The molecule has 4 heterocycles. The van der Waals surface area contributed by atoms with E-state index in [0.29, 0.717) is 6.54 Å². The van der Waals surface area contributed by atoms with E-state index in [0.717, 1.165) is 34.9 Å². The van der Waals surface area contributed by atoms with E-state index < -0.39 is 0 Å². The summed E-state index contributed by atoms with van der Waals surface area (Å²) in [6.07, 6.45) is 8.85. The summed E-state index contributed by atoms with van der Waals surface area (Å²) in [5, 5.41) is 4.61. The number of hydrogen-bond donors (Lipinski definition) is 1. The molecule has 5 nitrogen and oxygen atoms in total. The van der Waals surface area contributed by atoms with E-state index in [2.05, 4.69) is 46.2 Å². The third kappa shape index (κ3) is 3.51. The molecule has 1 fully saturated rings. The molecule has 0 atom stereocenters. The Morgan fingerprint density at radius 3 is 2.58 bits per heavy atom. The second-order valence-corrected chi connectivity index (χ2v) is 8.17. The predicted octanol–water partition coefficient (Wildman–Crippen LogP) is 4.70. The number of nitrogens with zero attached hydrogens (tertiary/aromatic N) is 4. The van der Waals surface area contributed by atoms with Crippen LogP contribution < -0.4 is 10.2 Å². The van der Waals surface area contributed by atoms with Gasteiger partial charge in [0, 0.05) is 30.7 Å². The SMILES string of the molecule is Cc1sc2ncnc(NCc3ccc(N4CCCCCC4)nc3)c2c1C. The molecular formula is C20H25N5S. The second-order valence-electron chi connectivity index (χ2n) is 6.97. The van der Waals surface area contributed by atoms with E-state index in [9.17, 15) is 0 Å². The molecule has 0 bridgehead atoms. The first-order chi connectivity index (χ1) is 12.7. The Morgan fingerprint density at radius 1 is 1.04 bits per heavy atom. The van der Waals surface area contributed by atoms with Crippen molar-refractivity contribution in [1.82, 2.24) is 15.0 Å². The lowest BCUT2D eigenvalue weighted by atomic mass is 10.2. The summed E-state index contributed by atoms with van der Waals surface area (Å²) in [4.78, 5) is 18.3. The maximum absolute atomic E-state index is 4.70. The van der Waals surface area contributed by atoms with Gasteiger partial charge in [0.1, 0.15) is 22.8 Å². The number of thiophene rings is 1. The average molecular weight is 368 g/mol. The highest BCUT2D eigenvalue weighted by atomic mass is 32.1. The van der Waals surface area contributed by atoms with Gasteiger partial charge < -0.3 is 10.2 Å². The summed E-state index contributed by atoms with van der Waals surface area (Å²) in [7, 11) is 0. The minimum Gasteiger partial charge on any atom is -0.365 e. The molecule has 1 aliphatic rings. The van der Waals surface area contributed by atoms with Crippen molar-refractivity contribution in [3.05, 3.63) is 40.7 Å². The van der Waals surface area contributed by atoms with Crippen LogP contribution in [0, 0.1) is 13.8 Å². The zero-order valence-corrected chi connectivity index (χ0v) is 16.3. The van der Waals surface area contributed by atoms with Crippen LogP contribution in [0.4, 0.5) is 11.6 Å². The van der Waals surface area contributed by atoms with E-state index in [-0.39, 0.29) is 0 Å². The Bertz CT molecular complexity index is 879. The van der Waals surface area contributed by atoms with Gasteiger partial charge in [-0.1, -0.05) is 18.9 Å². The number of hydrogen-bond acceptors (Lipinski definition) is 6. The van der Waals surface area contributed by atoms with Crippen LogP contribution in [0.3, 0.4) is 0 Å². The molecule has 1 N–H and O–H groups in total. The smallest absolute Gasteiger partial charge is 0.138 e. The first-order valence-corrected chi connectivity index (χ1v) is 10.2. The lowest BCUT2D eigenvalue weighted by Crippen LogP contribution is -2.24. The van der Waals surface area contributed by atoms with Gasteiger partial charge in [-0.05, 0) is 43.9 Å². The van der Waals surface area contributed by atoms with E-state index in [1.54, 1.807) is 17.7 Å². The van der Waals surface area contributed by atoms with Crippen LogP contribution in [-0.4, -0.2) is 28.0 Å². The van der Waals surface area contributed by atoms with Crippen molar-refractivity contribution in [2.75, 3.05) is 23.3 Å². The van der Waals surface area contributed by atoms with Crippen molar-refractivity contribution in [1.29, 1.82) is 0 Å². The minimum atomic E-state index is 0.716. The molecule has 4 rings (SSSR count). The van der Waals surface area contributed by atoms with Gasteiger partial charge >= 0.3 is 0 Å². The number of aryl methyl sites for hydroxylation is 2. The number of pyridine rings is 1. The molecule has 0 saturated carbocycles. The topological polar surface area (TPSA) is 53.9 Å². The largest absolute Gasteiger partial charge is 0.365 e. The molecule has 3 aromatic heterocycles. The molecule has 0 aliphatic carbocycles. The quantitative estimate of drug-likeness (QED) is 0.724. The number of nitrogens with one attached hydrogen (secondary N) is 1. The van der Waals surface area contributed by atoms with Crippen LogP contribution in [0.15, 0.2) is 24.7 Å². The van der Waals surface area contributed by atoms with Crippen molar-refractivity contribution in [3.8, 4) is 0 Å². The van der Waals surface area contributed by atoms with Gasteiger partial charge in [0.2, 0.25) is 0 Å². The highest BCUT2D eigenvalue weighted by Crippen LogP contribution is 2.32. The molecular weight excluding hydrogens is 342 g/mol. The van der Waals surface area contributed by atoms with E-state index in [1.165, 1.54) is 41.7 Å². The zero-order valence-electron chi connectivity index (χ0n) is 15.5. The van der Waals surface area contributed by atoms with Gasteiger partial charge in [-0.3, -0.25) is 0 Å². The molecule has 1 saturated heterocycles. The van der Waals surface area contributed by atoms with E-state index in [1.807, 2.05) is 6.20 Å². The predicted molar refractivity (Wildman–Crippen MR) is 109 cm³/mol. The monoisotopic (exact) mass is 367 g/mol. The summed E-state index contributed by atoms with van der Waals surface area (Å²) >= 11 is 1.73. The fourth-order valence-corrected chi connectivity index (χ4v) is 4.51. The third-order valence-corrected chi connectivity index (χ3v) is 6.28. The summed E-state index contributed by atoms with van der Waals surface area (Å²) in [6.45, 7) is 7.24. The molecule has 26 heavy (non-hydrogen) atoms. The summed E-state index contributed by atoms with van der Waals surface area (Å²) in [6, 6.07) is 4.32. The van der Waals surface area contributed by atoms with Crippen molar-refractivity contribution in [2.24, 2.45) is 0 Å². The Kier molecular flexibility index (Phi) is 5.02. The maximum atomic E-state index is 4.70. The first-order valence-electron chi connectivity index (χ1n) is 9.37. The summed E-state index contributed by atoms with van der Waals surface area (Å²) < 4.78 is 0. The number of fused-ring (bicyclic) bond motifs is 1. The average Bonchev–Trinajstić information content (AvgIpc) is 2.85. The molecule has 3 aromatic rings. The molecule has 136 valence electrons. The van der Waals surface area contributed by atoms with Gasteiger partial charge in [0.25, 0.3) is 0 Å². The van der Waals surface area contributed by atoms with Gasteiger partial charge in [0.05, 0.1) is 5.39 Å². The fourth-order valence-electron chi connectivity index (χ4n) is 3.51. The fraction of sp³-hybridized carbons (Fsp3) is 0.450. The molecule has 0 amide bonds. The Balaban J connectivity index is 1.47. The molecule has 6 heteroatoms. The van der Waals surface area contributed by atoms with E-state index in [4.69, 9.17) is 4.98 Å². The van der Waals surface area contributed by atoms with Crippen molar-refractivity contribution in [2.45, 2.75) is 46.1 Å².